The molecule has 0 saturated carbocycles. The van der Waals surface area contributed by atoms with E-state index in [2.05, 4.69) is 20.1 Å². The van der Waals surface area contributed by atoms with Gasteiger partial charge < -0.3 is 10.3 Å². The molecule has 6 nitrogen and oxygen atoms in total. The van der Waals surface area contributed by atoms with E-state index in [1.807, 2.05) is 19.1 Å². The van der Waals surface area contributed by atoms with Crippen LogP contribution in [-0.4, -0.2) is 20.1 Å². The summed E-state index contributed by atoms with van der Waals surface area (Å²) in [6.45, 7) is 1.87. The summed E-state index contributed by atoms with van der Waals surface area (Å²) in [4.78, 5) is 12.6. The van der Waals surface area contributed by atoms with Crippen molar-refractivity contribution in [3.8, 4) is 23.0 Å². The van der Waals surface area contributed by atoms with E-state index >= 15 is 0 Å². The van der Waals surface area contributed by atoms with Gasteiger partial charge in [0.05, 0.1) is 11.9 Å². The minimum atomic E-state index is 0.347. The number of aryl methyl sites for hydroxylation is 1. The van der Waals surface area contributed by atoms with E-state index < -0.39 is 0 Å². The van der Waals surface area contributed by atoms with Crippen LogP contribution in [0.5, 0.6) is 0 Å². The van der Waals surface area contributed by atoms with Crippen LogP contribution in [-0.2, 0) is 0 Å². The van der Waals surface area contributed by atoms with Crippen molar-refractivity contribution in [1.82, 2.24) is 20.1 Å². The molecule has 0 spiro atoms. The summed E-state index contributed by atoms with van der Waals surface area (Å²) in [6.07, 6.45) is 3.26. The van der Waals surface area contributed by atoms with Crippen LogP contribution in [0.15, 0.2) is 41.2 Å². The normalized spacial score (nSPS) is 10.6. The maximum absolute atomic E-state index is 5.63. The maximum atomic E-state index is 5.63. The molecule has 0 saturated heterocycles. The standard InChI is InChI=1S/C13H11N5O/c1-8-6-16-11(7-15-8)13-17-12(18-19-13)9-2-4-10(14)5-3-9/h2-7H,14H2,1H3. The van der Waals surface area contributed by atoms with Crippen molar-refractivity contribution in [2.24, 2.45) is 0 Å². The van der Waals surface area contributed by atoms with Gasteiger partial charge >= 0.3 is 0 Å². The van der Waals surface area contributed by atoms with Crippen LogP contribution in [0.2, 0.25) is 0 Å². The molecule has 0 radical (unpaired) electrons. The number of hydrogen-bond donors (Lipinski definition) is 1. The molecule has 94 valence electrons. The zero-order valence-corrected chi connectivity index (χ0v) is 10.2. The van der Waals surface area contributed by atoms with Gasteiger partial charge in [-0.2, -0.15) is 4.98 Å². The zero-order chi connectivity index (χ0) is 13.2. The molecule has 2 heterocycles. The Morgan fingerprint density at radius 1 is 1.05 bits per heavy atom. The van der Waals surface area contributed by atoms with Crippen molar-refractivity contribution in [2.75, 3.05) is 5.73 Å². The van der Waals surface area contributed by atoms with E-state index in [9.17, 15) is 0 Å². The highest BCUT2D eigenvalue weighted by Crippen LogP contribution is 2.21. The minimum absolute atomic E-state index is 0.347. The van der Waals surface area contributed by atoms with E-state index in [-0.39, 0.29) is 0 Å². The highest BCUT2D eigenvalue weighted by atomic mass is 16.5. The molecule has 0 aliphatic rings. The molecule has 1 aromatic carbocycles. The molecule has 0 bridgehead atoms. The first-order valence-electron chi connectivity index (χ1n) is 5.71. The lowest BCUT2D eigenvalue weighted by atomic mass is 10.2. The number of nitrogen functional groups attached to an aromatic ring is 1. The van der Waals surface area contributed by atoms with Gasteiger partial charge in [-0.3, -0.25) is 4.98 Å². The van der Waals surface area contributed by atoms with E-state index in [0.29, 0.717) is 23.1 Å². The first-order chi connectivity index (χ1) is 9.22. The fourth-order valence-corrected chi connectivity index (χ4v) is 1.58. The second kappa shape index (κ2) is 4.49. The number of benzene rings is 1. The topological polar surface area (TPSA) is 90.7 Å². The number of nitrogens with zero attached hydrogens (tertiary/aromatic N) is 4. The van der Waals surface area contributed by atoms with Crippen molar-refractivity contribution in [1.29, 1.82) is 0 Å². The van der Waals surface area contributed by atoms with Crippen LogP contribution < -0.4 is 5.73 Å². The first kappa shape index (κ1) is 11.3. The summed E-state index contributed by atoms with van der Waals surface area (Å²) in [5, 5.41) is 3.92. The molecule has 3 aromatic rings. The van der Waals surface area contributed by atoms with Gasteiger partial charge in [-0.25, -0.2) is 4.98 Å². The maximum Gasteiger partial charge on any atom is 0.278 e. The Morgan fingerprint density at radius 2 is 1.84 bits per heavy atom. The summed E-state index contributed by atoms with van der Waals surface area (Å²) in [6, 6.07) is 7.25. The second-order valence-electron chi connectivity index (χ2n) is 4.09. The molecular formula is C13H11N5O. The van der Waals surface area contributed by atoms with Gasteiger partial charge in [-0.1, -0.05) is 5.16 Å². The average molecular weight is 253 g/mol. The predicted octanol–water partition coefficient (Wildman–Crippen LogP) is 2.08. The largest absolute Gasteiger partial charge is 0.399 e. The number of aromatic nitrogens is 4. The Labute approximate surface area is 109 Å². The fraction of sp³-hybridized carbons (Fsp3) is 0.0769. The third-order valence-corrected chi connectivity index (χ3v) is 2.59. The number of hydrogen-bond acceptors (Lipinski definition) is 6. The van der Waals surface area contributed by atoms with Crippen LogP contribution in [0.25, 0.3) is 23.0 Å². The van der Waals surface area contributed by atoms with Gasteiger partial charge in [0.1, 0.15) is 5.69 Å². The Balaban J connectivity index is 1.95. The lowest BCUT2D eigenvalue weighted by molar-refractivity contribution is 0.431. The molecule has 0 aliphatic carbocycles. The van der Waals surface area contributed by atoms with Crippen molar-refractivity contribution in [3.05, 3.63) is 42.4 Å². The third-order valence-electron chi connectivity index (χ3n) is 2.59. The van der Waals surface area contributed by atoms with E-state index in [4.69, 9.17) is 10.3 Å². The quantitative estimate of drug-likeness (QED) is 0.703. The third kappa shape index (κ3) is 2.28. The van der Waals surface area contributed by atoms with Gasteiger partial charge in [0.2, 0.25) is 5.82 Å². The van der Waals surface area contributed by atoms with Crippen LogP contribution in [0.3, 0.4) is 0 Å². The van der Waals surface area contributed by atoms with Gasteiger partial charge in [0, 0.05) is 17.4 Å². The molecule has 0 aliphatic heterocycles. The summed E-state index contributed by atoms with van der Waals surface area (Å²) in [5.74, 6) is 0.844. The smallest absolute Gasteiger partial charge is 0.278 e. The van der Waals surface area contributed by atoms with Crippen molar-refractivity contribution in [3.63, 3.8) is 0 Å². The molecule has 0 amide bonds. The van der Waals surface area contributed by atoms with Crippen LogP contribution >= 0.6 is 0 Å². The van der Waals surface area contributed by atoms with Gasteiger partial charge in [0.15, 0.2) is 0 Å². The zero-order valence-electron chi connectivity index (χ0n) is 10.2. The molecule has 3 rings (SSSR count). The van der Waals surface area contributed by atoms with Crippen molar-refractivity contribution < 1.29 is 4.52 Å². The molecule has 6 heteroatoms. The molecule has 2 aromatic heterocycles. The minimum Gasteiger partial charge on any atom is -0.399 e. The van der Waals surface area contributed by atoms with E-state index in [1.165, 1.54) is 0 Å². The van der Waals surface area contributed by atoms with Gasteiger partial charge in [-0.15, -0.1) is 0 Å². The molecule has 0 fully saturated rings. The van der Waals surface area contributed by atoms with E-state index in [1.54, 1.807) is 24.5 Å². The molecule has 0 unspecified atom stereocenters. The van der Waals surface area contributed by atoms with Crippen molar-refractivity contribution >= 4 is 5.69 Å². The number of nitrogens with two attached hydrogens (primary N) is 1. The summed E-state index contributed by atoms with van der Waals surface area (Å²) in [5.41, 5.74) is 8.55. The number of rotatable bonds is 2. The monoisotopic (exact) mass is 253 g/mol. The average Bonchev–Trinajstić information content (AvgIpc) is 2.90. The molecular weight excluding hydrogens is 242 g/mol. The lowest BCUT2D eigenvalue weighted by Gasteiger charge is -1.95. The predicted molar refractivity (Wildman–Crippen MR) is 69.9 cm³/mol. The van der Waals surface area contributed by atoms with Gasteiger partial charge in [0.25, 0.3) is 5.89 Å². The lowest BCUT2D eigenvalue weighted by Crippen LogP contribution is -1.88. The van der Waals surface area contributed by atoms with Crippen LogP contribution in [0.1, 0.15) is 5.69 Å². The molecule has 2 N–H and O–H groups in total. The Kier molecular flexibility index (Phi) is 2.68. The summed E-state index contributed by atoms with van der Waals surface area (Å²) < 4.78 is 5.18. The second-order valence-corrected chi connectivity index (χ2v) is 4.09. The Morgan fingerprint density at radius 3 is 2.53 bits per heavy atom. The SMILES string of the molecule is Cc1cnc(-c2nc(-c3ccc(N)cc3)no2)cn1. The Bertz CT molecular complexity index is 628. The van der Waals surface area contributed by atoms with E-state index in [0.717, 1.165) is 11.3 Å². The van der Waals surface area contributed by atoms with Crippen molar-refractivity contribution in [2.45, 2.75) is 6.92 Å². The summed E-state index contributed by atoms with van der Waals surface area (Å²) >= 11 is 0. The number of anilines is 1. The summed E-state index contributed by atoms with van der Waals surface area (Å²) in [7, 11) is 0. The Hall–Kier alpha value is -2.76. The van der Waals surface area contributed by atoms with Crippen LogP contribution in [0, 0.1) is 6.92 Å². The molecule has 0 atom stereocenters. The van der Waals surface area contributed by atoms with Gasteiger partial charge in [-0.05, 0) is 31.2 Å². The highest BCUT2D eigenvalue weighted by molar-refractivity contribution is 5.60. The highest BCUT2D eigenvalue weighted by Gasteiger charge is 2.11. The van der Waals surface area contributed by atoms with Crippen LogP contribution in [0.4, 0.5) is 5.69 Å². The molecule has 19 heavy (non-hydrogen) atoms. The fourth-order valence-electron chi connectivity index (χ4n) is 1.58. The first-order valence-corrected chi connectivity index (χ1v) is 5.71.